The standard InChI is InChI=1S/C27H30N2O6/c1-5-15-34-24(31)14-13-23(27(33)35-17-19-9-7-6-8-10-19)29(4)26(32)25-18(2)28(3)22-12-11-20(30)16-21(22)25/h5-12,16,23,30H,1,13-15,17H2,2-4H3/t23-/m0/s1. The van der Waals surface area contributed by atoms with Crippen molar-refractivity contribution >= 4 is 28.7 Å². The van der Waals surface area contributed by atoms with Crippen LogP contribution in [0, 0.1) is 6.92 Å². The summed E-state index contributed by atoms with van der Waals surface area (Å²) >= 11 is 0. The maximum Gasteiger partial charge on any atom is 0.329 e. The van der Waals surface area contributed by atoms with Gasteiger partial charge in [-0.05, 0) is 37.1 Å². The van der Waals surface area contributed by atoms with Gasteiger partial charge in [0.1, 0.15) is 25.0 Å². The van der Waals surface area contributed by atoms with E-state index in [-0.39, 0.29) is 31.8 Å². The molecule has 0 radical (unpaired) electrons. The molecule has 8 nitrogen and oxygen atoms in total. The zero-order chi connectivity index (χ0) is 25.5. The van der Waals surface area contributed by atoms with Crippen LogP contribution in [0.4, 0.5) is 0 Å². The second-order valence-corrected chi connectivity index (χ2v) is 8.26. The van der Waals surface area contributed by atoms with Crippen LogP contribution < -0.4 is 0 Å². The molecule has 3 aromatic rings. The lowest BCUT2D eigenvalue weighted by Gasteiger charge is -2.27. The molecule has 8 heteroatoms. The topological polar surface area (TPSA) is 98.1 Å². The summed E-state index contributed by atoms with van der Waals surface area (Å²) in [6, 6.07) is 13.0. The first-order valence-corrected chi connectivity index (χ1v) is 11.3. The number of carbonyl (C=O) groups excluding carboxylic acids is 3. The van der Waals surface area contributed by atoms with E-state index in [4.69, 9.17) is 9.47 Å². The molecule has 1 heterocycles. The van der Waals surface area contributed by atoms with Gasteiger partial charge in [-0.1, -0.05) is 43.0 Å². The van der Waals surface area contributed by atoms with E-state index in [1.54, 1.807) is 19.1 Å². The minimum Gasteiger partial charge on any atom is -0.508 e. The van der Waals surface area contributed by atoms with Gasteiger partial charge in [0.25, 0.3) is 5.91 Å². The highest BCUT2D eigenvalue weighted by atomic mass is 16.5. The number of fused-ring (bicyclic) bond motifs is 1. The molecule has 0 spiro atoms. The molecule has 1 N–H and O–H groups in total. The largest absolute Gasteiger partial charge is 0.508 e. The number of hydrogen-bond donors (Lipinski definition) is 1. The zero-order valence-electron chi connectivity index (χ0n) is 20.2. The minimum absolute atomic E-state index is 0.0287. The van der Waals surface area contributed by atoms with Crippen LogP contribution in [0.25, 0.3) is 10.9 Å². The fourth-order valence-corrected chi connectivity index (χ4v) is 3.92. The molecule has 184 valence electrons. The highest BCUT2D eigenvalue weighted by Crippen LogP contribution is 2.30. The summed E-state index contributed by atoms with van der Waals surface area (Å²) in [6.07, 6.45) is 1.41. The predicted molar refractivity (Wildman–Crippen MR) is 132 cm³/mol. The molecule has 1 aromatic heterocycles. The fourth-order valence-electron chi connectivity index (χ4n) is 3.92. The van der Waals surface area contributed by atoms with E-state index < -0.39 is 23.9 Å². The molecular weight excluding hydrogens is 448 g/mol. The Kier molecular flexibility index (Phi) is 8.30. The van der Waals surface area contributed by atoms with Gasteiger partial charge < -0.3 is 24.0 Å². The zero-order valence-corrected chi connectivity index (χ0v) is 20.2. The van der Waals surface area contributed by atoms with E-state index in [2.05, 4.69) is 6.58 Å². The lowest BCUT2D eigenvalue weighted by atomic mass is 10.1. The van der Waals surface area contributed by atoms with Gasteiger partial charge in [-0.25, -0.2) is 4.79 Å². The number of amides is 1. The minimum atomic E-state index is -1.02. The number of ether oxygens (including phenoxy) is 2. The van der Waals surface area contributed by atoms with Crippen LogP contribution in [0.15, 0.2) is 61.2 Å². The third-order valence-corrected chi connectivity index (χ3v) is 5.96. The van der Waals surface area contributed by atoms with Gasteiger partial charge in [0.2, 0.25) is 0 Å². The van der Waals surface area contributed by atoms with Crippen LogP contribution in [0.2, 0.25) is 0 Å². The molecule has 2 aromatic carbocycles. The Hall–Kier alpha value is -4.07. The van der Waals surface area contributed by atoms with Crippen molar-refractivity contribution in [1.82, 2.24) is 9.47 Å². The van der Waals surface area contributed by atoms with Crippen LogP contribution in [-0.4, -0.2) is 52.1 Å². The number of rotatable bonds is 10. The predicted octanol–water partition coefficient (Wildman–Crippen LogP) is 3.89. The Labute approximate surface area is 204 Å². The summed E-state index contributed by atoms with van der Waals surface area (Å²) in [4.78, 5) is 40.1. The van der Waals surface area contributed by atoms with Gasteiger partial charge in [-0.2, -0.15) is 0 Å². The second kappa shape index (κ2) is 11.4. The number of aromatic hydroxyl groups is 1. The molecule has 35 heavy (non-hydrogen) atoms. The maximum atomic E-state index is 13.6. The molecule has 0 saturated heterocycles. The molecule has 1 amide bonds. The van der Waals surface area contributed by atoms with Gasteiger partial charge in [0.15, 0.2) is 0 Å². The molecule has 3 rings (SSSR count). The Morgan fingerprint density at radius 2 is 1.86 bits per heavy atom. The summed E-state index contributed by atoms with van der Waals surface area (Å²) < 4.78 is 12.4. The summed E-state index contributed by atoms with van der Waals surface area (Å²) in [5.41, 5.74) is 2.63. The average Bonchev–Trinajstić information content (AvgIpc) is 3.10. The van der Waals surface area contributed by atoms with Crippen LogP contribution in [-0.2, 0) is 32.7 Å². The van der Waals surface area contributed by atoms with E-state index in [1.165, 1.54) is 24.1 Å². The highest BCUT2D eigenvalue weighted by molar-refractivity contribution is 6.09. The van der Waals surface area contributed by atoms with Gasteiger partial charge in [0.05, 0.1) is 5.56 Å². The van der Waals surface area contributed by atoms with Crippen molar-refractivity contribution < 1.29 is 29.0 Å². The molecule has 1 atom stereocenters. The molecule has 0 aliphatic heterocycles. The van der Waals surface area contributed by atoms with Gasteiger partial charge >= 0.3 is 11.9 Å². The van der Waals surface area contributed by atoms with Crippen LogP contribution >= 0.6 is 0 Å². The lowest BCUT2D eigenvalue weighted by molar-refractivity contribution is -0.151. The number of benzene rings is 2. The number of carbonyl (C=O) groups is 3. The van der Waals surface area contributed by atoms with Crippen LogP contribution in [0.3, 0.4) is 0 Å². The Bertz CT molecular complexity index is 1230. The Morgan fingerprint density at radius 1 is 1.14 bits per heavy atom. The van der Waals surface area contributed by atoms with E-state index in [9.17, 15) is 19.5 Å². The van der Waals surface area contributed by atoms with Crippen LogP contribution in [0.5, 0.6) is 5.75 Å². The number of esters is 2. The van der Waals surface area contributed by atoms with Gasteiger partial charge in [-0.3, -0.25) is 9.59 Å². The van der Waals surface area contributed by atoms with Crippen molar-refractivity contribution in [3.8, 4) is 5.75 Å². The average molecular weight is 479 g/mol. The highest BCUT2D eigenvalue weighted by Gasteiger charge is 2.32. The summed E-state index contributed by atoms with van der Waals surface area (Å²) in [5.74, 6) is -1.51. The molecule has 0 aliphatic carbocycles. The van der Waals surface area contributed by atoms with E-state index >= 15 is 0 Å². The third kappa shape index (κ3) is 5.90. The van der Waals surface area contributed by atoms with E-state index in [0.717, 1.165) is 11.1 Å². The van der Waals surface area contributed by atoms with Crippen LogP contribution in [0.1, 0.15) is 34.5 Å². The number of aryl methyl sites for hydroxylation is 1. The SMILES string of the molecule is C=CCOC(=O)CC[C@@H](C(=O)OCc1ccccc1)N(C)C(=O)c1c(C)n(C)c2ccc(O)cc12. The normalized spacial score (nSPS) is 11.6. The first-order chi connectivity index (χ1) is 16.7. The van der Waals surface area contributed by atoms with E-state index in [1.807, 2.05) is 41.9 Å². The number of likely N-dealkylation sites (N-methyl/N-ethyl adjacent to an activating group) is 1. The molecule has 0 bridgehead atoms. The number of aromatic nitrogens is 1. The Balaban J connectivity index is 1.87. The lowest BCUT2D eigenvalue weighted by Crippen LogP contribution is -2.44. The van der Waals surface area contributed by atoms with Crippen molar-refractivity contribution in [2.45, 2.75) is 32.4 Å². The van der Waals surface area contributed by atoms with Gasteiger partial charge in [-0.15, -0.1) is 0 Å². The summed E-state index contributed by atoms with van der Waals surface area (Å²) in [7, 11) is 3.33. The monoisotopic (exact) mass is 478 g/mol. The molecule has 0 fully saturated rings. The quantitative estimate of drug-likeness (QED) is 0.351. The molecule has 0 saturated carbocycles. The first-order valence-electron chi connectivity index (χ1n) is 11.3. The number of hydrogen-bond acceptors (Lipinski definition) is 6. The molecule has 0 unspecified atom stereocenters. The number of phenolic OH excluding ortho intramolecular Hbond substituents is 1. The molecule has 0 aliphatic rings. The van der Waals surface area contributed by atoms with Crippen molar-refractivity contribution in [2.24, 2.45) is 7.05 Å². The van der Waals surface area contributed by atoms with Crippen molar-refractivity contribution in [1.29, 1.82) is 0 Å². The third-order valence-electron chi connectivity index (χ3n) is 5.96. The first kappa shape index (κ1) is 25.6. The van der Waals surface area contributed by atoms with Crippen molar-refractivity contribution in [2.75, 3.05) is 13.7 Å². The fraction of sp³-hybridized carbons (Fsp3) is 0.296. The maximum absolute atomic E-state index is 13.6. The Morgan fingerprint density at radius 3 is 2.54 bits per heavy atom. The smallest absolute Gasteiger partial charge is 0.329 e. The molecular formula is C27H30N2O6. The second-order valence-electron chi connectivity index (χ2n) is 8.26. The summed E-state index contributed by atoms with van der Waals surface area (Å²) in [5, 5.41) is 10.6. The van der Waals surface area contributed by atoms with Crippen molar-refractivity contribution in [3.63, 3.8) is 0 Å². The van der Waals surface area contributed by atoms with E-state index in [0.29, 0.717) is 16.6 Å². The number of phenols is 1. The number of nitrogens with zero attached hydrogens (tertiary/aromatic N) is 2. The summed E-state index contributed by atoms with van der Waals surface area (Å²) in [6.45, 7) is 5.42. The van der Waals surface area contributed by atoms with Gasteiger partial charge in [0, 0.05) is 37.1 Å². The van der Waals surface area contributed by atoms with Crippen molar-refractivity contribution in [3.05, 3.63) is 78.0 Å².